The van der Waals surface area contributed by atoms with E-state index in [1.54, 1.807) is 24.3 Å². The Kier molecular flexibility index (Phi) is 6.44. The molecule has 8 heteroatoms. The molecule has 3 N–H and O–H groups in total. The van der Waals surface area contributed by atoms with Crippen LogP contribution in [0.4, 0.5) is 5.69 Å². The summed E-state index contributed by atoms with van der Waals surface area (Å²) in [5, 5.41) is 14.9. The number of amides is 2. The van der Waals surface area contributed by atoms with Crippen LogP contribution in [-0.2, 0) is 9.59 Å². The monoisotopic (exact) mass is 355 g/mol. The number of rotatable bonds is 6. The maximum atomic E-state index is 11.9. The lowest BCUT2D eigenvalue weighted by atomic mass is 10.1. The van der Waals surface area contributed by atoms with Crippen molar-refractivity contribution in [3.8, 4) is 5.75 Å². The quantitative estimate of drug-likeness (QED) is 0.415. The van der Waals surface area contributed by atoms with E-state index in [0.717, 1.165) is 0 Å². The number of hydrogen-bond donors (Lipinski definition) is 3. The predicted molar refractivity (Wildman–Crippen MR) is 95.4 cm³/mol. The van der Waals surface area contributed by atoms with Crippen molar-refractivity contribution in [2.45, 2.75) is 6.92 Å². The number of benzene rings is 2. The van der Waals surface area contributed by atoms with Gasteiger partial charge in [0.1, 0.15) is 5.75 Å². The van der Waals surface area contributed by atoms with E-state index in [9.17, 15) is 14.4 Å². The first-order valence-corrected chi connectivity index (χ1v) is 7.71. The Morgan fingerprint density at radius 1 is 1.08 bits per heavy atom. The standard InChI is InChI=1S/C18H17N3O5/c1-2-26-15-6-4-3-5-14(15)20-16(22)17(23)21-19-11-12-7-9-13(10-8-12)18(24)25/h3-11H,2H2,1H3,(H,20,22)(H,21,23)(H,24,25)/b19-11-. The van der Waals surface area contributed by atoms with Crippen molar-refractivity contribution in [2.75, 3.05) is 11.9 Å². The zero-order chi connectivity index (χ0) is 18.9. The lowest BCUT2D eigenvalue weighted by Gasteiger charge is -2.10. The number of nitrogens with zero attached hydrogens (tertiary/aromatic N) is 1. The zero-order valence-electron chi connectivity index (χ0n) is 13.9. The van der Waals surface area contributed by atoms with Crippen molar-refractivity contribution >= 4 is 29.7 Å². The molecule has 0 spiro atoms. The fourth-order valence-corrected chi connectivity index (χ4v) is 1.96. The van der Waals surface area contributed by atoms with Crippen molar-refractivity contribution < 1.29 is 24.2 Å². The van der Waals surface area contributed by atoms with E-state index in [-0.39, 0.29) is 5.56 Å². The fourth-order valence-electron chi connectivity index (χ4n) is 1.96. The van der Waals surface area contributed by atoms with Crippen molar-refractivity contribution in [1.82, 2.24) is 5.43 Å². The second-order valence-electron chi connectivity index (χ2n) is 5.01. The number of carboxylic acids is 1. The molecular weight excluding hydrogens is 338 g/mol. The van der Waals surface area contributed by atoms with Crippen LogP contribution < -0.4 is 15.5 Å². The van der Waals surface area contributed by atoms with Crippen molar-refractivity contribution in [3.05, 3.63) is 59.7 Å². The fraction of sp³-hybridized carbons (Fsp3) is 0.111. The molecule has 2 aromatic rings. The highest BCUT2D eigenvalue weighted by Gasteiger charge is 2.15. The molecule has 26 heavy (non-hydrogen) atoms. The van der Waals surface area contributed by atoms with E-state index in [2.05, 4.69) is 15.8 Å². The van der Waals surface area contributed by atoms with Gasteiger partial charge in [-0.15, -0.1) is 0 Å². The summed E-state index contributed by atoms with van der Waals surface area (Å²) < 4.78 is 5.37. The van der Waals surface area contributed by atoms with Crippen LogP contribution in [0, 0.1) is 0 Å². The van der Waals surface area contributed by atoms with Gasteiger partial charge in [0.2, 0.25) is 0 Å². The maximum absolute atomic E-state index is 11.9. The van der Waals surface area contributed by atoms with Gasteiger partial charge in [0.15, 0.2) is 0 Å². The summed E-state index contributed by atoms with van der Waals surface area (Å²) in [6.45, 7) is 2.23. The van der Waals surface area contributed by atoms with Gasteiger partial charge in [-0.25, -0.2) is 10.2 Å². The Bertz CT molecular complexity index is 831. The molecule has 2 rings (SSSR count). The molecule has 0 heterocycles. The lowest BCUT2D eigenvalue weighted by molar-refractivity contribution is -0.136. The summed E-state index contributed by atoms with van der Waals surface area (Å²) in [5.41, 5.74) is 3.18. The molecule has 0 radical (unpaired) electrons. The number of para-hydroxylation sites is 2. The second kappa shape index (κ2) is 8.97. The van der Waals surface area contributed by atoms with Gasteiger partial charge in [0.05, 0.1) is 24.1 Å². The van der Waals surface area contributed by atoms with Crippen molar-refractivity contribution in [3.63, 3.8) is 0 Å². The number of hydrazone groups is 1. The number of carbonyl (C=O) groups excluding carboxylic acids is 2. The smallest absolute Gasteiger partial charge is 0.335 e. The number of aromatic carboxylic acids is 1. The third kappa shape index (κ3) is 5.17. The highest BCUT2D eigenvalue weighted by Crippen LogP contribution is 2.23. The molecule has 0 aliphatic rings. The molecule has 134 valence electrons. The summed E-state index contributed by atoms with van der Waals surface area (Å²) in [4.78, 5) is 34.5. The number of hydrogen-bond acceptors (Lipinski definition) is 5. The number of anilines is 1. The van der Waals surface area contributed by atoms with E-state index in [1.807, 2.05) is 6.92 Å². The van der Waals surface area contributed by atoms with E-state index < -0.39 is 17.8 Å². The van der Waals surface area contributed by atoms with E-state index in [1.165, 1.54) is 30.5 Å². The van der Waals surface area contributed by atoms with Gasteiger partial charge in [0, 0.05) is 0 Å². The van der Waals surface area contributed by atoms with Crippen LogP contribution >= 0.6 is 0 Å². The minimum Gasteiger partial charge on any atom is -0.492 e. The molecule has 0 fully saturated rings. The second-order valence-corrected chi connectivity index (χ2v) is 5.01. The lowest BCUT2D eigenvalue weighted by Crippen LogP contribution is -2.32. The normalized spacial score (nSPS) is 10.3. The molecule has 0 unspecified atom stereocenters. The van der Waals surface area contributed by atoms with Gasteiger partial charge in [0.25, 0.3) is 0 Å². The van der Waals surface area contributed by atoms with Crippen LogP contribution in [0.3, 0.4) is 0 Å². The Morgan fingerprint density at radius 2 is 1.77 bits per heavy atom. The number of nitrogens with one attached hydrogen (secondary N) is 2. The molecule has 0 bridgehead atoms. The van der Waals surface area contributed by atoms with E-state index in [0.29, 0.717) is 23.6 Å². The largest absolute Gasteiger partial charge is 0.492 e. The first-order valence-electron chi connectivity index (χ1n) is 7.71. The molecule has 0 saturated heterocycles. The highest BCUT2D eigenvalue weighted by molar-refractivity contribution is 6.39. The molecule has 0 saturated carbocycles. The van der Waals surface area contributed by atoms with Crippen LogP contribution in [0.25, 0.3) is 0 Å². The summed E-state index contributed by atoms with van der Waals surface area (Å²) in [7, 11) is 0. The topological polar surface area (TPSA) is 117 Å². The third-order valence-corrected chi connectivity index (χ3v) is 3.18. The molecule has 2 aromatic carbocycles. The van der Waals surface area contributed by atoms with Crippen molar-refractivity contribution in [2.24, 2.45) is 5.10 Å². The van der Waals surface area contributed by atoms with Gasteiger partial charge in [-0.1, -0.05) is 24.3 Å². The minimum absolute atomic E-state index is 0.138. The third-order valence-electron chi connectivity index (χ3n) is 3.18. The molecule has 0 aliphatic heterocycles. The van der Waals surface area contributed by atoms with Crippen LogP contribution in [0.5, 0.6) is 5.75 Å². The van der Waals surface area contributed by atoms with E-state index >= 15 is 0 Å². The SMILES string of the molecule is CCOc1ccccc1NC(=O)C(=O)N/N=C\c1ccc(C(=O)O)cc1. The van der Waals surface area contributed by atoms with Crippen LogP contribution in [0.1, 0.15) is 22.8 Å². The van der Waals surface area contributed by atoms with Crippen LogP contribution in [0.15, 0.2) is 53.6 Å². The molecule has 2 amide bonds. The van der Waals surface area contributed by atoms with Gasteiger partial charge < -0.3 is 15.2 Å². The Balaban J connectivity index is 1.93. The maximum Gasteiger partial charge on any atom is 0.335 e. The Hall–Kier alpha value is -3.68. The number of carboxylic acid groups (broad SMARTS) is 1. The number of carbonyl (C=O) groups is 3. The highest BCUT2D eigenvalue weighted by atomic mass is 16.5. The Morgan fingerprint density at radius 3 is 2.42 bits per heavy atom. The average Bonchev–Trinajstić information content (AvgIpc) is 2.63. The first kappa shape index (κ1) is 18.7. The summed E-state index contributed by atoms with van der Waals surface area (Å²) >= 11 is 0. The minimum atomic E-state index is -1.04. The predicted octanol–water partition coefficient (Wildman–Crippen LogP) is 1.87. The van der Waals surface area contributed by atoms with Gasteiger partial charge >= 0.3 is 17.8 Å². The molecule has 0 aromatic heterocycles. The van der Waals surface area contributed by atoms with Gasteiger partial charge in [-0.05, 0) is 36.8 Å². The molecule has 0 aliphatic carbocycles. The average molecular weight is 355 g/mol. The zero-order valence-corrected chi connectivity index (χ0v) is 13.9. The summed E-state index contributed by atoms with van der Waals surface area (Å²) in [6, 6.07) is 12.6. The van der Waals surface area contributed by atoms with Gasteiger partial charge in [-0.3, -0.25) is 9.59 Å². The number of ether oxygens (including phenoxy) is 1. The summed E-state index contributed by atoms with van der Waals surface area (Å²) in [6.07, 6.45) is 1.30. The molecule has 0 atom stereocenters. The summed E-state index contributed by atoms with van der Waals surface area (Å²) in [5.74, 6) is -2.42. The Labute approximate surface area is 149 Å². The van der Waals surface area contributed by atoms with E-state index in [4.69, 9.17) is 9.84 Å². The molecule has 8 nitrogen and oxygen atoms in total. The molecular formula is C18H17N3O5. The first-order chi connectivity index (χ1) is 12.5. The van der Waals surface area contributed by atoms with Crippen LogP contribution in [0.2, 0.25) is 0 Å². The van der Waals surface area contributed by atoms with Crippen molar-refractivity contribution in [1.29, 1.82) is 0 Å². The van der Waals surface area contributed by atoms with Crippen LogP contribution in [-0.4, -0.2) is 35.7 Å². The van der Waals surface area contributed by atoms with Gasteiger partial charge in [-0.2, -0.15) is 5.10 Å².